The van der Waals surface area contributed by atoms with E-state index in [1.165, 1.54) is 12.1 Å². The van der Waals surface area contributed by atoms with Crippen LogP contribution in [0.1, 0.15) is 26.3 Å². The molecule has 0 atom stereocenters. The zero-order valence-corrected chi connectivity index (χ0v) is 13.4. The third-order valence-corrected chi connectivity index (χ3v) is 2.89. The van der Waals surface area contributed by atoms with Gasteiger partial charge in [0.25, 0.3) is 0 Å². The summed E-state index contributed by atoms with van der Waals surface area (Å²) in [6.07, 6.45) is 0. The summed E-state index contributed by atoms with van der Waals surface area (Å²) >= 11 is 0. The smallest absolute Gasteiger partial charge is 0.222 e. The first-order chi connectivity index (χ1) is 10.5. The lowest BCUT2D eigenvalue weighted by Gasteiger charge is -2.12. The highest BCUT2D eigenvalue weighted by atomic mass is 19.1. The van der Waals surface area contributed by atoms with Crippen molar-refractivity contribution in [1.29, 1.82) is 0 Å². The van der Waals surface area contributed by atoms with Crippen molar-refractivity contribution in [2.75, 3.05) is 19.6 Å². The van der Waals surface area contributed by atoms with Gasteiger partial charge in [0.1, 0.15) is 5.82 Å². The molecule has 0 aliphatic carbocycles. The minimum atomic E-state index is -0.262. The lowest BCUT2D eigenvalue weighted by molar-refractivity contribution is -0.123. The van der Waals surface area contributed by atoms with E-state index in [0.717, 1.165) is 12.1 Å². The molecule has 122 valence electrons. The van der Waals surface area contributed by atoms with Gasteiger partial charge in [0, 0.05) is 25.6 Å². The fourth-order valence-electron chi connectivity index (χ4n) is 1.72. The molecule has 0 saturated heterocycles. The molecule has 0 aliphatic heterocycles. The van der Waals surface area contributed by atoms with E-state index in [2.05, 4.69) is 20.9 Å². The largest absolute Gasteiger partial charge is 0.357 e. The molecule has 0 spiro atoms. The summed E-state index contributed by atoms with van der Waals surface area (Å²) in [4.78, 5) is 15.8. The number of nitrogens with zero attached hydrogens (tertiary/aromatic N) is 1. The molecular weight excluding hydrogens is 283 g/mol. The summed E-state index contributed by atoms with van der Waals surface area (Å²) in [6.45, 7) is 7.91. The van der Waals surface area contributed by atoms with Crippen LogP contribution in [0, 0.1) is 11.7 Å². The lowest BCUT2D eigenvalue weighted by atomic mass is 10.2. The van der Waals surface area contributed by atoms with Gasteiger partial charge >= 0.3 is 0 Å². The monoisotopic (exact) mass is 308 g/mol. The first-order valence-corrected chi connectivity index (χ1v) is 7.57. The highest BCUT2D eigenvalue weighted by Crippen LogP contribution is 2.04. The molecule has 0 unspecified atom stereocenters. The molecule has 1 aromatic rings. The van der Waals surface area contributed by atoms with Crippen LogP contribution in [0.3, 0.4) is 0 Å². The van der Waals surface area contributed by atoms with Gasteiger partial charge in [0.15, 0.2) is 5.96 Å². The van der Waals surface area contributed by atoms with Crippen LogP contribution in [0.5, 0.6) is 0 Å². The Morgan fingerprint density at radius 1 is 1.23 bits per heavy atom. The van der Waals surface area contributed by atoms with E-state index < -0.39 is 0 Å². The molecule has 0 aliphatic rings. The average Bonchev–Trinajstić information content (AvgIpc) is 2.48. The Morgan fingerprint density at radius 3 is 2.59 bits per heavy atom. The summed E-state index contributed by atoms with van der Waals surface area (Å²) in [5.41, 5.74) is 0.810. The number of benzene rings is 1. The van der Waals surface area contributed by atoms with Crippen molar-refractivity contribution in [3.05, 3.63) is 35.6 Å². The molecule has 1 rings (SSSR count). The van der Waals surface area contributed by atoms with Crippen molar-refractivity contribution in [3.8, 4) is 0 Å². The van der Waals surface area contributed by atoms with Crippen molar-refractivity contribution in [2.24, 2.45) is 10.9 Å². The minimum absolute atomic E-state index is 0.0186. The van der Waals surface area contributed by atoms with E-state index in [4.69, 9.17) is 0 Å². The van der Waals surface area contributed by atoms with Crippen LogP contribution >= 0.6 is 0 Å². The fraction of sp³-hybridized carbons (Fsp3) is 0.500. The second-order valence-corrected chi connectivity index (χ2v) is 5.20. The lowest BCUT2D eigenvalue weighted by Crippen LogP contribution is -2.42. The van der Waals surface area contributed by atoms with Gasteiger partial charge in [-0.1, -0.05) is 26.0 Å². The summed E-state index contributed by atoms with van der Waals surface area (Å²) < 4.78 is 13.1. The summed E-state index contributed by atoms with van der Waals surface area (Å²) in [6, 6.07) is 6.38. The molecule has 0 saturated carbocycles. The van der Waals surface area contributed by atoms with Crippen molar-refractivity contribution < 1.29 is 9.18 Å². The maximum atomic E-state index is 13.1. The fourth-order valence-corrected chi connectivity index (χ4v) is 1.72. The molecule has 0 radical (unpaired) electrons. The summed E-state index contributed by atoms with van der Waals surface area (Å²) in [5.74, 6) is 0.394. The molecule has 0 heterocycles. The summed E-state index contributed by atoms with van der Waals surface area (Å²) in [7, 11) is 0. The van der Waals surface area contributed by atoms with Gasteiger partial charge in [-0.2, -0.15) is 0 Å². The Balaban J connectivity index is 2.44. The van der Waals surface area contributed by atoms with Gasteiger partial charge in [-0.15, -0.1) is 0 Å². The van der Waals surface area contributed by atoms with Gasteiger partial charge in [-0.05, 0) is 24.6 Å². The maximum Gasteiger partial charge on any atom is 0.222 e. The molecule has 5 nitrogen and oxygen atoms in total. The first kappa shape index (κ1) is 17.9. The Kier molecular flexibility index (Phi) is 7.96. The average molecular weight is 308 g/mol. The van der Waals surface area contributed by atoms with E-state index >= 15 is 0 Å². The number of amides is 1. The van der Waals surface area contributed by atoms with Gasteiger partial charge in [0.2, 0.25) is 5.91 Å². The predicted octanol–water partition coefficient (Wildman–Crippen LogP) is 1.65. The number of hydrogen-bond acceptors (Lipinski definition) is 2. The second kappa shape index (κ2) is 9.76. The molecule has 6 heteroatoms. The standard InChI is InChI=1S/C16H25FN4O/c1-4-18-16(20-9-8-19-15(22)12(2)3)21-11-13-6-5-7-14(17)10-13/h5-7,10,12H,4,8-9,11H2,1-3H3,(H,19,22)(H2,18,20,21). The van der Waals surface area contributed by atoms with Crippen molar-refractivity contribution in [1.82, 2.24) is 16.0 Å². The van der Waals surface area contributed by atoms with Crippen molar-refractivity contribution in [3.63, 3.8) is 0 Å². The van der Waals surface area contributed by atoms with E-state index in [1.807, 2.05) is 26.8 Å². The van der Waals surface area contributed by atoms with Crippen LogP contribution in [-0.2, 0) is 11.3 Å². The predicted molar refractivity (Wildman–Crippen MR) is 87.1 cm³/mol. The highest BCUT2D eigenvalue weighted by Gasteiger charge is 2.05. The van der Waals surface area contributed by atoms with Gasteiger partial charge in [0.05, 0.1) is 6.54 Å². The Bertz CT molecular complexity index is 503. The number of guanidine groups is 1. The Hall–Kier alpha value is -2.11. The van der Waals surface area contributed by atoms with E-state index in [9.17, 15) is 9.18 Å². The molecule has 22 heavy (non-hydrogen) atoms. The van der Waals surface area contributed by atoms with Crippen molar-refractivity contribution >= 4 is 11.9 Å². The van der Waals surface area contributed by atoms with E-state index in [1.54, 1.807) is 6.07 Å². The topological polar surface area (TPSA) is 65.5 Å². The third-order valence-electron chi connectivity index (χ3n) is 2.89. The highest BCUT2D eigenvalue weighted by molar-refractivity contribution is 5.80. The molecule has 3 N–H and O–H groups in total. The number of carbonyl (C=O) groups is 1. The molecular formula is C16H25FN4O. The van der Waals surface area contributed by atoms with E-state index in [-0.39, 0.29) is 17.6 Å². The number of aliphatic imine (C=N–C) groups is 1. The van der Waals surface area contributed by atoms with Crippen LogP contribution < -0.4 is 16.0 Å². The molecule has 1 amide bonds. The number of rotatable bonds is 7. The van der Waals surface area contributed by atoms with E-state index in [0.29, 0.717) is 25.6 Å². The third kappa shape index (κ3) is 7.06. The number of halogens is 1. The van der Waals surface area contributed by atoms with Gasteiger partial charge in [-0.25, -0.2) is 9.38 Å². The van der Waals surface area contributed by atoms with Gasteiger partial charge < -0.3 is 16.0 Å². The van der Waals surface area contributed by atoms with Crippen molar-refractivity contribution in [2.45, 2.75) is 27.3 Å². The van der Waals surface area contributed by atoms with Crippen LogP contribution in [0.25, 0.3) is 0 Å². The molecule has 0 fully saturated rings. The number of nitrogens with one attached hydrogen (secondary N) is 3. The zero-order valence-electron chi connectivity index (χ0n) is 13.4. The SMILES string of the molecule is CCNC(=NCc1cccc(F)c1)NCCNC(=O)C(C)C. The Labute approximate surface area is 131 Å². The quantitative estimate of drug-likeness (QED) is 0.408. The summed E-state index contributed by atoms with van der Waals surface area (Å²) in [5, 5.41) is 9.07. The van der Waals surface area contributed by atoms with Crippen LogP contribution in [-0.4, -0.2) is 31.5 Å². The van der Waals surface area contributed by atoms with Crippen LogP contribution in [0.2, 0.25) is 0 Å². The molecule has 0 bridgehead atoms. The van der Waals surface area contributed by atoms with Gasteiger partial charge in [-0.3, -0.25) is 4.79 Å². The molecule has 1 aromatic carbocycles. The Morgan fingerprint density at radius 2 is 1.95 bits per heavy atom. The number of hydrogen-bond donors (Lipinski definition) is 3. The van der Waals surface area contributed by atoms with Crippen LogP contribution in [0.4, 0.5) is 4.39 Å². The maximum absolute atomic E-state index is 13.1. The van der Waals surface area contributed by atoms with Crippen LogP contribution in [0.15, 0.2) is 29.3 Å². The first-order valence-electron chi connectivity index (χ1n) is 7.57. The minimum Gasteiger partial charge on any atom is -0.357 e. The second-order valence-electron chi connectivity index (χ2n) is 5.20. The normalized spacial score (nSPS) is 11.4. The molecule has 0 aromatic heterocycles. The zero-order chi connectivity index (χ0) is 16.4. The number of carbonyl (C=O) groups excluding carboxylic acids is 1.